The van der Waals surface area contributed by atoms with Crippen LogP contribution >= 0.6 is 24.0 Å². The number of esters is 1. The number of hydrogen-bond donors (Lipinski definition) is 1. The van der Waals surface area contributed by atoms with Gasteiger partial charge in [-0.05, 0) is 18.1 Å². The number of benzene rings is 1. The van der Waals surface area contributed by atoms with Crippen molar-refractivity contribution >= 4 is 46.6 Å². The van der Waals surface area contributed by atoms with E-state index in [1.54, 1.807) is 13.0 Å². The maximum Gasteiger partial charge on any atom is 0.346 e. The van der Waals surface area contributed by atoms with Crippen LogP contribution < -0.4 is 10.5 Å². The van der Waals surface area contributed by atoms with Gasteiger partial charge in [-0.2, -0.15) is 0 Å². The maximum atomic E-state index is 11.2. The number of carbonyl (C=O) groups is 1. The van der Waals surface area contributed by atoms with Crippen molar-refractivity contribution in [3.63, 3.8) is 0 Å². The van der Waals surface area contributed by atoms with E-state index in [1.165, 1.54) is 13.2 Å². The van der Waals surface area contributed by atoms with Crippen molar-refractivity contribution in [3.05, 3.63) is 17.2 Å². The van der Waals surface area contributed by atoms with Crippen molar-refractivity contribution in [2.24, 2.45) is 0 Å². The summed E-state index contributed by atoms with van der Waals surface area (Å²) in [7, 11) is 1.28. The van der Waals surface area contributed by atoms with Gasteiger partial charge >= 0.3 is 5.97 Å². The Bertz CT molecular complexity index is 600. The molecule has 0 aliphatic carbocycles. The first-order chi connectivity index (χ1) is 8.52. The Kier molecular flexibility index (Phi) is 4.85. The third-order valence-electron chi connectivity index (χ3n) is 2.38. The van der Waals surface area contributed by atoms with Gasteiger partial charge in [-0.25, -0.2) is 4.79 Å². The second-order valence-corrected chi connectivity index (χ2v) is 4.05. The van der Waals surface area contributed by atoms with Crippen molar-refractivity contribution in [2.45, 2.75) is 13.0 Å². The van der Waals surface area contributed by atoms with Crippen LogP contribution in [-0.2, 0) is 9.53 Å². The Morgan fingerprint density at radius 1 is 1.53 bits per heavy atom. The molecule has 0 aliphatic heterocycles. The van der Waals surface area contributed by atoms with Gasteiger partial charge < -0.3 is 19.7 Å². The lowest BCUT2D eigenvalue weighted by atomic mass is 10.2. The predicted molar refractivity (Wildman–Crippen MR) is 72.8 cm³/mol. The minimum Gasteiger partial charge on any atom is -0.466 e. The van der Waals surface area contributed by atoms with Crippen LogP contribution in [0.15, 0.2) is 16.7 Å². The number of nitrogen functional groups attached to an aromatic ring is 1. The van der Waals surface area contributed by atoms with Gasteiger partial charge in [0.25, 0.3) is 5.88 Å². The van der Waals surface area contributed by atoms with Crippen LogP contribution in [0.25, 0.3) is 11.0 Å². The first kappa shape index (κ1) is 15.4. The van der Waals surface area contributed by atoms with E-state index < -0.39 is 12.1 Å². The standard InChI is InChI=1S/C11H11ClN2O4.ClH/c1-5(11(15)16-2)17-10-6-3-8(13)7(12)4-9(6)18-14-10;/h3-5H,13H2,1-2H3;1H. The van der Waals surface area contributed by atoms with Crippen LogP contribution in [0.2, 0.25) is 5.02 Å². The van der Waals surface area contributed by atoms with E-state index in [0.29, 0.717) is 21.7 Å². The fraction of sp³-hybridized carbons (Fsp3) is 0.273. The largest absolute Gasteiger partial charge is 0.466 e. The number of nitrogens with zero attached hydrogens (tertiary/aromatic N) is 1. The molecule has 104 valence electrons. The molecule has 2 aromatic rings. The van der Waals surface area contributed by atoms with Crippen molar-refractivity contribution in [1.82, 2.24) is 5.16 Å². The van der Waals surface area contributed by atoms with E-state index >= 15 is 0 Å². The second-order valence-electron chi connectivity index (χ2n) is 3.64. The minimum absolute atomic E-state index is 0. The number of methoxy groups -OCH3 is 1. The van der Waals surface area contributed by atoms with Gasteiger partial charge in [0.05, 0.1) is 23.2 Å². The molecule has 1 heterocycles. The lowest BCUT2D eigenvalue weighted by molar-refractivity contribution is -0.148. The average molecular weight is 307 g/mol. The SMILES string of the molecule is COC(=O)C(C)Oc1noc2cc(Cl)c(N)cc12.Cl. The predicted octanol–water partition coefficient (Wildman–Crippen LogP) is 2.43. The third kappa shape index (κ3) is 3.02. The summed E-state index contributed by atoms with van der Waals surface area (Å²) in [5.41, 5.74) is 6.49. The number of ether oxygens (including phenoxy) is 2. The highest BCUT2D eigenvalue weighted by atomic mass is 35.5. The van der Waals surface area contributed by atoms with Crippen molar-refractivity contribution < 1.29 is 18.8 Å². The number of fused-ring (bicyclic) bond motifs is 1. The van der Waals surface area contributed by atoms with Crippen LogP contribution in [0.5, 0.6) is 5.88 Å². The number of carbonyl (C=O) groups excluding carboxylic acids is 1. The number of hydrogen-bond acceptors (Lipinski definition) is 6. The van der Waals surface area contributed by atoms with Gasteiger partial charge in [0.2, 0.25) is 0 Å². The Hall–Kier alpha value is -1.66. The van der Waals surface area contributed by atoms with E-state index in [9.17, 15) is 4.79 Å². The molecule has 6 nitrogen and oxygen atoms in total. The molecular weight excluding hydrogens is 295 g/mol. The van der Waals surface area contributed by atoms with E-state index in [0.717, 1.165) is 0 Å². The molecule has 2 N–H and O–H groups in total. The maximum absolute atomic E-state index is 11.2. The Morgan fingerprint density at radius 3 is 2.84 bits per heavy atom. The molecular formula is C11H12Cl2N2O4. The molecule has 8 heteroatoms. The molecule has 1 aromatic carbocycles. The molecule has 0 amide bonds. The molecule has 0 bridgehead atoms. The molecule has 0 fully saturated rings. The number of rotatable bonds is 3. The fourth-order valence-electron chi connectivity index (χ4n) is 1.42. The van der Waals surface area contributed by atoms with Crippen molar-refractivity contribution in [2.75, 3.05) is 12.8 Å². The zero-order valence-corrected chi connectivity index (χ0v) is 11.7. The lowest BCUT2D eigenvalue weighted by Gasteiger charge is -2.09. The molecule has 0 aliphatic rings. The highest BCUT2D eigenvalue weighted by Gasteiger charge is 2.19. The van der Waals surface area contributed by atoms with E-state index in [4.69, 9.17) is 26.6 Å². The van der Waals surface area contributed by atoms with Crippen LogP contribution in [0.1, 0.15) is 6.92 Å². The first-order valence-electron chi connectivity index (χ1n) is 5.12. The van der Waals surface area contributed by atoms with Gasteiger partial charge in [0, 0.05) is 6.07 Å². The zero-order chi connectivity index (χ0) is 13.3. The smallest absolute Gasteiger partial charge is 0.346 e. The van der Waals surface area contributed by atoms with Gasteiger partial charge in [-0.3, -0.25) is 0 Å². The van der Waals surface area contributed by atoms with Gasteiger partial charge in [-0.1, -0.05) is 11.6 Å². The zero-order valence-electron chi connectivity index (χ0n) is 10.2. The Labute approximate surface area is 120 Å². The Morgan fingerprint density at radius 2 is 2.21 bits per heavy atom. The van der Waals surface area contributed by atoms with E-state index in [2.05, 4.69) is 9.89 Å². The Balaban J connectivity index is 0.00000180. The number of nitrogens with two attached hydrogens (primary N) is 1. The van der Waals surface area contributed by atoms with Gasteiger partial charge in [0.15, 0.2) is 11.7 Å². The van der Waals surface area contributed by atoms with E-state index in [1.807, 2.05) is 0 Å². The molecule has 0 spiro atoms. The molecule has 0 saturated heterocycles. The topological polar surface area (TPSA) is 87.6 Å². The summed E-state index contributed by atoms with van der Waals surface area (Å²) < 4.78 is 14.9. The van der Waals surface area contributed by atoms with Gasteiger partial charge in [-0.15, -0.1) is 12.4 Å². The molecule has 1 aromatic heterocycles. The summed E-state index contributed by atoms with van der Waals surface area (Å²) in [5.74, 6) is -0.334. The summed E-state index contributed by atoms with van der Waals surface area (Å²) in [6, 6.07) is 3.11. The molecule has 0 radical (unpaired) electrons. The summed E-state index contributed by atoms with van der Waals surface area (Å²) in [4.78, 5) is 11.2. The first-order valence-corrected chi connectivity index (χ1v) is 5.49. The van der Waals surface area contributed by atoms with Gasteiger partial charge in [0.1, 0.15) is 0 Å². The molecule has 19 heavy (non-hydrogen) atoms. The highest BCUT2D eigenvalue weighted by Crippen LogP contribution is 2.31. The minimum atomic E-state index is -0.791. The lowest BCUT2D eigenvalue weighted by Crippen LogP contribution is -2.25. The summed E-state index contributed by atoms with van der Waals surface area (Å²) in [6.45, 7) is 1.55. The normalized spacial score (nSPS) is 11.7. The van der Waals surface area contributed by atoms with Crippen molar-refractivity contribution in [3.8, 4) is 5.88 Å². The van der Waals surface area contributed by atoms with Crippen molar-refractivity contribution in [1.29, 1.82) is 0 Å². The summed E-state index contributed by atoms with van der Waals surface area (Å²) in [6.07, 6.45) is -0.791. The monoisotopic (exact) mass is 306 g/mol. The molecule has 1 atom stereocenters. The summed E-state index contributed by atoms with van der Waals surface area (Å²) >= 11 is 5.85. The second kappa shape index (κ2) is 5.99. The van der Waals surface area contributed by atoms with Crippen LogP contribution in [-0.4, -0.2) is 24.3 Å². The fourth-order valence-corrected chi connectivity index (χ4v) is 1.57. The number of anilines is 1. The molecule has 0 saturated carbocycles. The highest BCUT2D eigenvalue weighted by molar-refractivity contribution is 6.33. The molecule has 2 rings (SSSR count). The molecule has 1 unspecified atom stereocenters. The summed E-state index contributed by atoms with van der Waals surface area (Å²) in [5, 5.41) is 4.63. The number of halogens is 2. The van der Waals surface area contributed by atoms with Crippen LogP contribution in [0.3, 0.4) is 0 Å². The van der Waals surface area contributed by atoms with Crippen LogP contribution in [0.4, 0.5) is 5.69 Å². The quantitative estimate of drug-likeness (QED) is 0.692. The van der Waals surface area contributed by atoms with Crippen LogP contribution in [0, 0.1) is 0 Å². The average Bonchev–Trinajstić information content (AvgIpc) is 2.71. The van der Waals surface area contributed by atoms with E-state index in [-0.39, 0.29) is 18.3 Å². The number of aromatic nitrogens is 1. The third-order valence-corrected chi connectivity index (χ3v) is 2.71.